The number of carbonyl (C=O) groups is 1. The fraction of sp³-hybridized carbons (Fsp3) is 0.533. The van der Waals surface area contributed by atoms with Crippen LogP contribution in [0.3, 0.4) is 0 Å². The predicted octanol–water partition coefficient (Wildman–Crippen LogP) is 2.93. The fourth-order valence-electron chi connectivity index (χ4n) is 2.26. The minimum absolute atomic E-state index is 0.0935. The summed E-state index contributed by atoms with van der Waals surface area (Å²) in [5.41, 5.74) is 0. The van der Waals surface area contributed by atoms with Gasteiger partial charge in [-0.05, 0) is 44.9 Å². The number of ether oxygens (including phenoxy) is 2. The van der Waals surface area contributed by atoms with Crippen molar-refractivity contribution in [1.82, 2.24) is 5.32 Å². The lowest BCUT2D eigenvalue weighted by atomic mass is 10.0. The molecule has 0 aromatic heterocycles. The van der Waals surface area contributed by atoms with Gasteiger partial charge in [0.25, 0.3) is 5.91 Å². The molecule has 0 saturated carbocycles. The monoisotopic (exact) mass is 315 g/mol. The summed E-state index contributed by atoms with van der Waals surface area (Å²) in [6.07, 6.45) is 1.02. The highest BCUT2D eigenvalue weighted by Gasteiger charge is 2.24. The van der Waals surface area contributed by atoms with Crippen molar-refractivity contribution in [3.05, 3.63) is 29.0 Å². The van der Waals surface area contributed by atoms with E-state index in [4.69, 9.17) is 21.1 Å². The quantitative estimate of drug-likeness (QED) is 0.929. The van der Waals surface area contributed by atoms with Crippen LogP contribution < -0.4 is 10.1 Å². The molecule has 1 saturated heterocycles. The first-order valence-electron chi connectivity index (χ1n) is 6.99. The summed E-state index contributed by atoms with van der Waals surface area (Å²) < 4.78 is 23.9. The molecule has 4 nitrogen and oxygen atoms in total. The van der Waals surface area contributed by atoms with Crippen LogP contribution in [0.25, 0.3) is 0 Å². The van der Waals surface area contributed by atoms with Gasteiger partial charge < -0.3 is 14.8 Å². The highest BCUT2D eigenvalue weighted by atomic mass is 35.5. The summed E-state index contributed by atoms with van der Waals surface area (Å²) in [6.45, 7) is 4.26. The first-order valence-corrected chi connectivity index (χ1v) is 7.37. The molecule has 3 atom stereocenters. The topological polar surface area (TPSA) is 47.6 Å². The molecule has 1 fully saturated rings. The lowest BCUT2D eigenvalue weighted by Gasteiger charge is -2.29. The molecule has 0 bridgehead atoms. The molecule has 0 spiro atoms. The van der Waals surface area contributed by atoms with Gasteiger partial charge in [0, 0.05) is 12.6 Å². The van der Waals surface area contributed by atoms with Crippen molar-refractivity contribution >= 4 is 17.5 Å². The third-order valence-corrected chi connectivity index (χ3v) is 3.69. The number of amides is 1. The van der Waals surface area contributed by atoms with Gasteiger partial charge in [0.1, 0.15) is 11.6 Å². The second kappa shape index (κ2) is 7.09. The summed E-state index contributed by atoms with van der Waals surface area (Å²) in [6, 6.07) is 3.90. The Kier molecular flexibility index (Phi) is 5.42. The van der Waals surface area contributed by atoms with Crippen LogP contribution >= 0.6 is 11.6 Å². The van der Waals surface area contributed by atoms with E-state index in [1.54, 1.807) is 6.92 Å². The number of hydrogen-bond acceptors (Lipinski definition) is 3. The standard InChI is InChI=1S/C15H19ClFNO3/c1-9-7-12(5-6-20-9)18-15(19)10(2)21-14-4-3-11(17)8-13(14)16/h3-4,8-10,12H,5-7H2,1-2H3,(H,18,19)/t9-,10+,12+/m1/s1. The third kappa shape index (κ3) is 4.58. The van der Waals surface area contributed by atoms with Crippen molar-refractivity contribution in [2.75, 3.05) is 6.61 Å². The first-order chi connectivity index (χ1) is 9.95. The third-order valence-electron chi connectivity index (χ3n) is 3.40. The molecule has 0 radical (unpaired) electrons. The van der Waals surface area contributed by atoms with Gasteiger partial charge in [0.15, 0.2) is 6.10 Å². The highest BCUT2D eigenvalue weighted by Crippen LogP contribution is 2.26. The van der Waals surface area contributed by atoms with Crippen LogP contribution in [0.5, 0.6) is 5.75 Å². The second-order valence-corrected chi connectivity index (χ2v) is 5.65. The summed E-state index contributed by atoms with van der Waals surface area (Å²) in [7, 11) is 0. The number of carbonyl (C=O) groups excluding carboxylic acids is 1. The lowest BCUT2D eigenvalue weighted by molar-refractivity contribution is -0.128. The Morgan fingerprint density at radius 1 is 1.57 bits per heavy atom. The van der Waals surface area contributed by atoms with E-state index in [9.17, 15) is 9.18 Å². The van der Waals surface area contributed by atoms with Gasteiger partial charge in [-0.25, -0.2) is 4.39 Å². The molecule has 1 amide bonds. The smallest absolute Gasteiger partial charge is 0.260 e. The molecule has 0 unspecified atom stereocenters. The van der Waals surface area contributed by atoms with E-state index in [1.165, 1.54) is 12.1 Å². The maximum absolute atomic E-state index is 13.0. The normalized spacial score (nSPS) is 23.4. The van der Waals surface area contributed by atoms with Crippen LogP contribution in [-0.2, 0) is 9.53 Å². The van der Waals surface area contributed by atoms with Crippen LogP contribution in [0.2, 0.25) is 5.02 Å². The SMILES string of the molecule is C[C@@H]1C[C@@H](NC(=O)[C@H](C)Oc2ccc(F)cc2Cl)CCO1. The van der Waals surface area contributed by atoms with Gasteiger partial charge in [0.2, 0.25) is 0 Å². The number of hydrogen-bond donors (Lipinski definition) is 1. The van der Waals surface area contributed by atoms with E-state index in [0.29, 0.717) is 12.4 Å². The Morgan fingerprint density at radius 3 is 3.00 bits per heavy atom. The number of rotatable bonds is 4. The number of halogens is 2. The Labute approximate surface area is 128 Å². The molecule has 0 aliphatic carbocycles. The minimum Gasteiger partial charge on any atom is -0.479 e. The Hall–Kier alpha value is -1.33. The van der Waals surface area contributed by atoms with Crippen LogP contribution in [0.4, 0.5) is 4.39 Å². The van der Waals surface area contributed by atoms with E-state index >= 15 is 0 Å². The molecule has 1 N–H and O–H groups in total. The van der Waals surface area contributed by atoms with Gasteiger partial charge >= 0.3 is 0 Å². The van der Waals surface area contributed by atoms with E-state index in [0.717, 1.165) is 18.9 Å². The molecule has 1 heterocycles. The molecule has 1 aromatic rings. The van der Waals surface area contributed by atoms with Crippen molar-refractivity contribution in [2.45, 2.75) is 44.9 Å². The molecule has 1 aliphatic rings. The van der Waals surface area contributed by atoms with Crippen molar-refractivity contribution < 1.29 is 18.7 Å². The maximum Gasteiger partial charge on any atom is 0.260 e. The summed E-state index contributed by atoms with van der Waals surface area (Å²) in [4.78, 5) is 12.1. The lowest BCUT2D eigenvalue weighted by Crippen LogP contribution is -2.46. The van der Waals surface area contributed by atoms with Crippen molar-refractivity contribution in [2.24, 2.45) is 0 Å². The van der Waals surface area contributed by atoms with E-state index in [1.807, 2.05) is 6.92 Å². The summed E-state index contributed by atoms with van der Waals surface area (Å²) >= 11 is 5.88. The van der Waals surface area contributed by atoms with Crippen molar-refractivity contribution in [3.63, 3.8) is 0 Å². The zero-order chi connectivity index (χ0) is 15.4. The molecule has 21 heavy (non-hydrogen) atoms. The first kappa shape index (κ1) is 16.0. The van der Waals surface area contributed by atoms with E-state index in [-0.39, 0.29) is 23.1 Å². The molecular weight excluding hydrogens is 297 g/mol. The molecule has 6 heteroatoms. The maximum atomic E-state index is 13.0. The van der Waals surface area contributed by atoms with Crippen LogP contribution in [-0.4, -0.2) is 30.8 Å². The average Bonchev–Trinajstić information content (AvgIpc) is 2.41. The second-order valence-electron chi connectivity index (χ2n) is 5.25. The van der Waals surface area contributed by atoms with E-state index in [2.05, 4.69) is 5.32 Å². The van der Waals surface area contributed by atoms with Crippen molar-refractivity contribution in [3.8, 4) is 5.75 Å². The molecule has 1 aliphatic heterocycles. The van der Waals surface area contributed by atoms with Gasteiger partial charge in [-0.2, -0.15) is 0 Å². The van der Waals surface area contributed by atoms with Crippen molar-refractivity contribution in [1.29, 1.82) is 0 Å². The number of benzene rings is 1. The molecule has 2 rings (SSSR count). The largest absolute Gasteiger partial charge is 0.479 e. The molecular formula is C15H19ClFNO3. The van der Waals surface area contributed by atoms with Gasteiger partial charge in [-0.1, -0.05) is 11.6 Å². The number of nitrogens with one attached hydrogen (secondary N) is 1. The van der Waals surface area contributed by atoms with Crippen LogP contribution in [0.15, 0.2) is 18.2 Å². The Balaban J connectivity index is 1.90. The van der Waals surface area contributed by atoms with Crippen LogP contribution in [0, 0.1) is 5.82 Å². The zero-order valence-electron chi connectivity index (χ0n) is 12.1. The predicted molar refractivity (Wildman–Crippen MR) is 78.1 cm³/mol. The van der Waals surface area contributed by atoms with Gasteiger partial charge in [0.05, 0.1) is 11.1 Å². The van der Waals surface area contributed by atoms with Crippen LogP contribution in [0.1, 0.15) is 26.7 Å². The molecule has 116 valence electrons. The highest BCUT2D eigenvalue weighted by molar-refractivity contribution is 6.32. The Bertz CT molecular complexity index is 512. The average molecular weight is 316 g/mol. The van der Waals surface area contributed by atoms with E-state index < -0.39 is 11.9 Å². The Morgan fingerprint density at radius 2 is 2.33 bits per heavy atom. The molecule has 1 aromatic carbocycles. The summed E-state index contributed by atoms with van der Waals surface area (Å²) in [5, 5.41) is 3.09. The van der Waals surface area contributed by atoms with Gasteiger partial charge in [-0.3, -0.25) is 4.79 Å². The summed E-state index contributed by atoms with van der Waals surface area (Å²) in [5.74, 6) is -0.365. The minimum atomic E-state index is -0.703. The fourth-order valence-corrected chi connectivity index (χ4v) is 2.47. The zero-order valence-corrected chi connectivity index (χ0v) is 12.8. The van der Waals surface area contributed by atoms with Gasteiger partial charge in [-0.15, -0.1) is 0 Å².